The van der Waals surface area contributed by atoms with E-state index < -0.39 is 17.9 Å². The minimum Gasteiger partial charge on any atom is -0.481 e. The van der Waals surface area contributed by atoms with Crippen LogP contribution in [0.2, 0.25) is 0 Å². The summed E-state index contributed by atoms with van der Waals surface area (Å²) in [7, 11) is 1.74. The minimum absolute atomic E-state index is 0.0886. The lowest BCUT2D eigenvalue weighted by Gasteiger charge is -2.23. The molecule has 0 fully saturated rings. The topological polar surface area (TPSA) is 96.2 Å². The van der Waals surface area contributed by atoms with Gasteiger partial charge in [0.25, 0.3) is 0 Å². The zero-order valence-corrected chi connectivity index (χ0v) is 12.3. The molecule has 1 rings (SSSR count). The normalized spacial score (nSPS) is 12.8. The molecule has 0 aliphatic carbocycles. The van der Waals surface area contributed by atoms with Crippen LogP contribution >= 0.6 is 0 Å². The Kier molecular flexibility index (Phi) is 5.12. The average Bonchev–Trinajstić information content (AvgIpc) is 2.68. The molecule has 112 valence electrons. The zero-order valence-electron chi connectivity index (χ0n) is 12.3. The summed E-state index contributed by atoms with van der Waals surface area (Å²) in [6, 6.07) is 1.20. The van der Waals surface area contributed by atoms with Gasteiger partial charge in [-0.1, -0.05) is 20.8 Å². The number of carbonyl (C=O) groups is 2. The molecule has 1 aromatic rings. The molecule has 0 saturated heterocycles. The quantitative estimate of drug-likeness (QED) is 0.765. The Hall–Kier alpha value is -2.05. The van der Waals surface area contributed by atoms with Crippen LogP contribution in [0.15, 0.2) is 12.3 Å². The third-order valence-corrected chi connectivity index (χ3v) is 2.67. The van der Waals surface area contributed by atoms with Gasteiger partial charge in [0.15, 0.2) is 5.82 Å². The molecule has 1 unspecified atom stereocenters. The number of aryl methyl sites for hydroxylation is 1. The number of amides is 2. The number of carbonyl (C=O) groups excluding carboxylic acids is 1. The van der Waals surface area contributed by atoms with Gasteiger partial charge in [0.1, 0.15) is 0 Å². The Bertz CT molecular complexity index is 476. The van der Waals surface area contributed by atoms with Crippen molar-refractivity contribution >= 4 is 17.8 Å². The van der Waals surface area contributed by atoms with E-state index in [-0.39, 0.29) is 12.0 Å². The number of urea groups is 1. The number of nitrogens with one attached hydrogen (secondary N) is 2. The molecule has 2 amide bonds. The molecule has 3 N–H and O–H groups in total. The van der Waals surface area contributed by atoms with Gasteiger partial charge < -0.3 is 10.4 Å². The Labute approximate surface area is 118 Å². The summed E-state index contributed by atoms with van der Waals surface area (Å²) < 4.78 is 1.56. The van der Waals surface area contributed by atoms with Gasteiger partial charge in [0, 0.05) is 25.9 Å². The van der Waals surface area contributed by atoms with Crippen LogP contribution in [0.25, 0.3) is 0 Å². The second kappa shape index (κ2) is 6.40. The molecular formula is C13H22N4O3. The van der Waals surface area contributed by atoms with Gasteiger partial charge in [0.2, 0.25) is 0 Å². The fourth-order valence-corrected chi connectivity index (χ4v) is 1.84. The van der Waals surface area contributed by atoms with E-state index in [0.717, 1.165) is 0 Å². The molecule has 7 nitrogen and oxygen atoms in total. The summed E-state index contributed by atoms with van der Waals surface area (Å²) in [4.78, 5) is 22.8. The third-order valence-electron chi connectivity index (χ3n) is 2.67. The lowest BCUT2D eigenvalue weighted by Crippen LogP contribution is -2.37. The summed E-state index contributed by atoms with van der Waals surface area (Å²) >= 11 is 0. The lowest BCUT2D eigenvalue weighted by atomic mass is 9.84. The summed E-state index contributed by atoms with van der Waals surface area (Å²) in [6.07, 6.45) is 2.20. The number of hydrogen-bond donors (Lipinski definition) is 3. The summed E-state index contributed by atoms with van der Waals surface area (Å²) in [5.41, 5.74) is -0.109. The van der Waals surface area contributed by atoms with Crippen molar-refractivity contribution in [2.45, 2.75) is 27.2 Å². The molecule has 0 saturated carbocycles. The van der Waals surface area contributed by atoms with E-state index in [0.29, 0.717) is 12.2 Å². The van der Waals surface area contributed by atoms with E-state index >= 15 is 0 Å². The van der Waals surface area contributed by atoms with Crippen molar-refractivity contribution in [2.75, 3.05) is 11.9 Å². The fraction of sp³-hybridized carbons (Fsp3) is 0.615. The molecule has 0 aliphatic rings. The highest BCUT2D eigenvalue weighted by molar-refractivity contribution is 5.88. The first-order chi connectivity index (χ1) is 9.17. The molecule has 1 heterocycles. The SMILES string of the molecule is Cn1ccc(NC(=O)NCC(CC(C)(C)C)C(=O)O)n1. The van der Waals surface area contributed by atoms with Crippen LogP contribution in [-0.4, -0.2) is 33.4 Å². The number of aromatic nitrogens is 2. The smallest absolute Gasteiger partial charge is 0.320 e. The Morgan fingerprint density at radius 1 is 1.45 bits per heavy atom. The first-order valence-electron chi connectivity index (χ1n) is 6.45. The van der Waals surface area contributed by atoms with Gasteiger partial charge in [-0.15, -0.1) is 0 Å². The van der Waals surface area contributed by atoms with E-state index in [1.807, 2.05) is 20.8 Å². The number of nitrogens with zero attached hydrogens (tertiary/aromatic N) is 2. The molecule has 1 atom stereocenters. The van der Waals surface area contributed by atoms with Gasteiger partial charge in [0.05, 0.1) is 5.92 Å². The molecular weight excluding hydrogens is 260 g/mol. The van der Waals surface area contributed by atoms with Gasteiger partial charge in [-0.3, -0.25) is 14.8 Å². The van der Waals surface area contributed by atoms with Crippen molar-refractivity contribution in [1.29, 1.82) is 0 Å². The van der Waals surface area contributed by atoms with Crippen LogP contribution < -0.4 is 10.6 Å². The highest BCUT2D eigenvalue weighted by atomic mass is 16.4. The predicted octanol–water partition coefficient (Wildman–Crippen LogP) is 1.68. The first kappa shape index (κ1) is 16.0. The lowest BCUT2D eigenvalue weighted by molar-refractivity contribution is -0.142. The van der Waals surface area contributed by atoms with E-state index in [4.69, 9.17) is 5.11 Å². The van der Waals surface area contributed by atoms with Crippen LogP contribution in [0.1, 0.15) is 27.2 Å². The summed E-state index contributed by atoms with van der Waals surface area (Å²) in [6.45, 7) is 6.00. The molecule has 0 aromatic carbocycles. The highest BCUT2D eigenvalue weighted by Gasteiger charge is 2.25. The molecule has 0 aliphatic heterocycles. The maximum absolute atomic E-state index is 11.6. The summed E-state index contributed by atoms with van der Waals surface area (Å²) in [5, 5.41) is 18.3. The molecule has 7 heteroatoms. The Balaban J connectivity index is 2.46. The summed E-state index contributed by atoms with van der Waals surface area (Å²) in [5.74, 6) is -1.09. The number of aliphatic carboxylic acids is 1. The number of anilines is 1. The Morgan fingerprint density at radius 3 is 2.55 bits per heavy atom. The van der Waals surface area contributed by atoms with Crippen molar-refractivity contribution in [2.24, 2.45) is 18.4 Å². The first-order valence-corrected chi connectivity index (χ1v) is 6.45. The van der Waals surface area contributed by atoms with Gasteiger partial charge >= 0.3 is 12.0 Å². The fourth-order valence-electron chi connectivity index (χ4n) is 1.84. The van der Waals surface area contributed by atoms with Crippen LogP contribution in [0, 0.1) is 11.3 Å². The van der Waals surface area contributed by atoms with E-state index in [1.54, 1.807) is 24.0 Å². The maximum Gasteiger partial charge on any atom is 0.320 e. The highest BCUT2D eigenvalue weighted by Crippen LogP contribution is 2.24. The number of hydrogen-bond acceptors (Lipinski definition) is 3. The van der Waals surface area contributed by atoms with Crippen LogP contribution in [0.4, 0.5) is 10.6 Å². The van der Waals surface area contributed by atoms with E-state index in [9.17, 15) is 9.59 Å². The second-order valence-electron chi connectivity index (χ2n) is 6.01. The van der Waals surface area contributed by atoms with Gasteiger partial charge in [-0.25, -0.2) is 4.79 Å². The second-order valence-corrected chi connectivity index (χ2v) is 6.01. The number of rotatable bonds is 5. The molecule has 0 bridgehead atoms. The van der Waals surface area contributed by atoms with E-state index in [1.165, 1.54) is 0 Å². The third kappa shape index (κ3) is 5.73. The van der Waals surface area contributed by atoms with Crippen molar-refractivity contribution in [3.05, 3.63) is 12.3 Å². The van der Waals surface area contributed by atoms with Crippen molar-refractivity contribution in [1.82, 2.24) is 15.1 Å². The maximum atomic E-state index is 11.6. The average molecular weight is 282 g/mol. The van der Waals surface area contributed by atoms with E-state index in [2.05, 4.69) is 15.7 Å². The van der Waals surface area contributed by atoms with Crippen LogP contribution in [0.5, 0.6) is 0 Å². The predicted molar refractivity (Wildman–Crippen MR) is 75.4 cm³/mol. The molecule has 1 aromatic heterocycles. The molecule has 0 radical (unpaired) electrons. The van der Waals surface area contributed by atoms with Crippen molar-refractivity contribution in [3.8, 4) is 0 Å². The molecule has 0 spiro atoms. The Morgan fingerprint density at radius 2 is 2.10 bits per heavy atom. The van der Waals surface area contributed by atoms with Crippen LogP contribution in [-0.2, 0) is 11.8 Å². The van der Waals surface area contributed by atoms with Gasteiger partial charge in [-0.05, 0) is 11.8 Å². The minimum atomic E-state index is -0.905. The van der Waals surface area contributed by atoms with Crippen molar-refractivity contribution in [3.63, 3.8) is 0 Å². The van der Waals surface area contributed by atoms with Crippen molar-refractivity contribution < 1.29 is 14.7 Å². The molecule has 20 heavy (non-hydrogen) atoms. The van der Waals surface area contributed by atoms with Crippen LogP contribution in [0.3, 0.4) is 0 Å². The largest absolute Gasteiger partial charge is 0.481 e. The number of carboxylic acids is 1. The van der Waals surface area contributed by atoms with Gasteiger partial charge in [-0.2, -0.15) is 5.10 Å². The monoisotopic (exact) mass is 282 g/mol. The standard InChI is InChI=1S/C13H22N4O3/c1-13(2,3)7-9(11(18)19)8-14-12(20)15-10-5-6-17(4)16-10/h5-6,9H,7-8H2,1-4H3,(H,18,19)(H2,14,15,16,20). The number of carboxylic acid groups (broad SMARTS) is 1. The zero-order chi connectivity index (χ0) is 15.3.